The molecule has 0 spiro atoms. The van der Waals surface area contributed by atoms with E-state index in [2.05, 4.69) is 0 Å². The maximum Gasteiger partial charge on any atom is 1.00 e. The third kappa shape index (κ3) is 3.16. The van der Waals surface area contributed by atoms with Crippen LogP contribution in [-0.2, 0) is 14.9 Å². The first-order valence-electron chi connectivity index (χ1n) is 3.98. The average molecular weight is 232 g/mol. The van der Waals surface area contributed by atoms with Gasteiger partial charge in [0.2, 0.25) is 0 Å². The Hall–Kier alpha value is 0.830. The van der Waals surface area contributed by atoms with Crippen LogP contribution in [0.25, 0.3) is 0 Å². The van der Waals surface area contributed by atoms with Crippen molar-refractivity contribution in [1.82, 2.24) is 0 Å². The van der Waals surface area contributed by atoms with E-state index in [4.69, 9.17) is 4.74 Å². The van der Waals surface area contributed by atoms with Gasteiger partial charge in [0, 0.05) is 12.8 Å². The number of hydrogen-bond acceptors (Lipinski definition) is 5. The summed E-state index contributed by atoms with van der Waals surface area (Å²) in [5, 5.41) is 9.56. The molecule has 14 heavy (non-hydrogen) atoms. The van der Waals surface area contributed by atoms with Crippen LogP contribution in [-0.4, -0.2) is 35.2 Å². The van der Waals surface area contributed by atoms with Crippen LogP contribution in [0.5, 0.6) is 0 Å². The van der Waals surface area contributed by atoms with Gasteiger partial charge in [-0.1, -0.05) is 0 Å². The van der Waals surface area contributed by atoms with E-state index in [0.29, 0.717) is 0 Å². The van der Waals surface area contributed by atoms with Gasteiger partial charge in [0.15, 0.2) is 4.93 Å². The normalized spacial score (nSPS) is 32.0. The minimum Gasteiger partial charge on any atom is -0.746 e. The van der Waals surface area contributed by atoms with Crippen molar-refractivity contribution >= 4 is 10.1 Å². The Morgan fingerprint density at radius 1 is 1.43 bits per heavy atom. The Morgan fingerprint density at radius 3 is 2.21 bits per heavy atom. The van der Waals surface area contributed by atoms with Crippen LogP contribution < -0.4 is 29.6 Å². The third-order valence-electron chi connectivity index (χ3n) is 2.15. The van der Waals surface area contributed by atoms with Crippen molar-refractivity contribution in [3.05, 3.63) is 0 Å². The Bertz CT molecular complexity index is 299. The number of ether oxygens (including phenoxy) is 1. The van der Waals surface area contributed by atoms with E-state index in [1.165, 1.54) is 0 Å². The number of hydrogen-bond donors (Lipinski definition) is 1. The summed E-state index contributed by atoms with van der Waals surface area (Å²) >= 11 is 0. The second-order valence-electron chi connectivity index (χ2n) is 3.94. The molecule has 0 aromatic rings. The molecule has 5 nitrogen and oxygen atoms in total. The first kappa shape index (κ1) is 14.8. The Labute approximate surface area is 106 Å². The summed E-state index contributed by atoms with van der Waals surface area (Å²) in [5.41, 5.74) is -0.759. The molecule has 1 unspecified atom stereocenters. The molecule has 0 bridgehead atoms. The second-order valence-corrected chi connectivity index (χ2v) is 5.60. The number of rotatable bonds is 1. The third-order valence-corrected chi connectivity index (χ3v) is 3.43. The van der Waals surface area contributed by atoms with E-state index >= 15 is 0 Å². The van der Waals surface area contributed by atoms with Gasteiger partial charge in [-0.15, -0.1) is 0 Å². The summed E-state index contributed by atoms with van der Waals surface area (Å²) in [7, 11) is -4.67. The maximum absolute atomic E-state index is 10.7. The van der Waals surface area contributed by atoms with Crippen LogP contribution in [0.1, 0.15) is 26.7 Å². The zero-order chi connectivity index (χ0) is 10.3. The fourth-order valence-corrected chi connectivity index (χ4v) is 2.36. The van der Waals surface area contributed by atoms with Gasteiger partial charge >= 0.3 is 29.6 Å². The van der Waals surface area contributed by atoms with Crippen LogP contribution >= 0.6 is 0 Å². The van der Waals surface area contributed by atoms with Crippen molar-refractivity contribution in [2.45, 2.75) is 37.2 Å². The SMILES string of the molecule is CC1(C)CC(O)(S(=O)(=O)[O-])CCO1.[Na+]. The summed E-state index contributed by atoms with van der Waals surface area (Å²) in [5.74, 6) is 0. The van der Waals surface area contributed by atoms with Gasteiger partial charge in [-0.3, -0.25) is 0 Å². The molecule has 1 aliphatic rings. The van der Waals surface area contributed by atoms with E-state index in [9.17, 15) is 18.1 Å². The molecular formula is C7H13NaO5S. The molecule has 1 fully saturated rings. The molecule has 1 aliphatic heterocycles. The van der Waals surface area contributed by atoms with Crippen LogP contribution in [0.2, 0.25) is 0 Å². The van der Waals surface area contributed by atoms with Crippen molar-refractivity contribution in [3.8, 4) is 0 Å². The topological polar surface area (TPSA) is 86.7 Å². The zero-order valence-electron chi connectivity index (χ0n) is 8.61. The fourth-order valence-electron chi connectivity index (χ4n) is 1.50. The van der Waals surface area contributed by atoms with Crippen molar-refractivity contribution in [2.24, 2.45) is 0 Å². The fraction of sp³-hybridized carbons (Fsp3) is 1.00. The predicted octanol–water partition coefficient (Wildman–Crippen LogP) is -3.19. The molecule has 0 saturated carbocycles. The van der Waals surface area contributed by atoms with Crippen LogP contribution in [0.4, 0.5) is 0 Å². The minimum atomic E-state index is -4.67. The standard InChI is InChI=1S/C7H14O5S.Na/c1-6(2)5-7(8,3-4-12-6)13(9,10)11;/h8H,3-5H2,1-2H3,(H,9,10,11);/q;+1/p-1. The first-order chi connectivity index (χ1) is 5.66. The molecule has 0 amide bonds. The molecule has 0 aromatic carbocycles. The van der Waals surface area contributed by atoms with E-state index in [1.54, 1.807) is 13.8 Å². The molecule has 1 rings (SSSR count). The van der Waals surface area contributed by atoms with E-state index in [1.807, 2.05) is 0 Å². The van der Waals surface area contributed by atoms with E-state index in [0.717, 1.165) is 0 Å². The summed E-state index contributed by atoms with van der Waals surface area (Å²) in [4.78, 5) is -2.16. The quantitative estimate of drug-likeness (QED) is 0.380. The average Bonchev–Trinajstić information content (AvgIpc) is 1.80. The van der Waals surface area contributed by atoms with Gasteiger partial charge < -0.3 is 14.4 Å². The molecular weight excluding hydrogens is 219 g/mol. The molecule has 1 heterocycles. The summed E-state index contributed by atoms with van der Waals surface area (Å²) in [6.07, 6.45) is -0.325. The zero-order valence-corrected chi connectivity index (χ0v) is 11.4. The van der Waals surface area contributed by atoms with Gasteiger partial charge in [-0.25, -0.2) is 8.42 Å². The molecule has 0 aromatic heterocycles. The Kier molecular flexibility index (Phi) is 4.63. The van der Waals surface area contributed by atoms with Gasteiger partial charge in [-0.2, -0.15) is 0 Å². The van der Waals surface area contributed by atoms with Crippen LogP contribution in [0.15, 0.2) is 0 Å². The van der Waals surface area contributed by atoms with Gasteiger partial charge in [0.1, 0.15) is 10.1 Å². The smallest absolute Gasteiger partial charge is 0.746 e. The summed E-state index contributed by atoms with van der Waals surface area (Å²) < 4.78 is 37.4. The molecule has 1 N–H and O–H groups in total. The summed E-state index contributed by atoms with van der Waals surface area (Å²) in [6, 6.07) is 0. The van der Waals surface area contributed by atoms with Crippen molar-refractivity contribution in [2.75, 3.05) is 6.61 Å². The van der Waals surface area contributed by atoms with Gasteiger partial charge in [-0.05, 0) is 13.8 Å². The van der Waals surface area contributed by atoms with Crippen molar-refractivity contribution in [1.29, 1.82) is 0 Å². The monoisotopic (exact) mass is 232 g/mol. The minimum absolute atomic E-state index is 0. The van der Waals surface area contributed by atoms with Crippen LogP contribution in [0, 0.1) is 0 Å². The Balaban J connectivity index is 0.00000169. The first-order valence-corrected chi connectivity index (χ1v) is 5.39. The number of aliphatic hydroxyl groups is 1. The molecule has 0 aliphatic carbocycles. The molecule has 0 radical (unpaired) electrons. The molecule has 1 saturated heterocycles. The van der Waals surface area contributed by atoms with Gasteiger partial charge in [0.05, 0.1) is 12.2 Å². The van der Waals surface area contributed by atoms with Crippen molar-refractivity contribution < 1.29 is 52.4 Å². The molecule has 1 atom stereocenters. The Morgan fingerprint density at radius 2 is 1.93 bits per heavy atom. The van der Waals surface area contributed by atoms with Crippen LogP contribution in [0.3, 0.4) is 0 Å². The van der Waals surface area contributed by atoms with E-state index in [-0.39, 0.29) is 49.0 Å². The van der Waals surface area contributed by atoms with Crippen molar-refractivity contribution in [3.63, 3.8) is 0 Å². The van der Waals surface area contributed by atoms with Gasteiger partial charge in [0.25, 0.3) is 0 Å². The largest absolute Gasteiger partial charge is 1.00 e. The van der Waals surface area contributed by atoms with E-state index < -0.39 is 20.7 Å². The maximum atomic E-state index is 10.7. The molecule has 7 heteroatoms. The summed E-state index contributed by atoms with van der Waals surface area (Å²) in [6.45, 7) is 3.37. The molecule has 78 valence electrons. The predicted molar refractivity (Wildman–Crippen MR) is 43.9 cm³/mol. The second kappa shape index (κ2) is 4.37.